The van der Waals surface area contributed by atoms with E-state index < -0.39 is 0 Å². The molecule has 108 valence electrons. The van der Waals surface area contributed by atoms with Gasteiger partial charge in [-0.25, -0.2) is 0 Å². The predicted molar refractivity (Wildman–Crippen MR) is 84.9 cm³/mol. The second-order valence-electron chi connectivity index (χ2n) is 4.57. The van der Waals surface area contributed by atoms with E-state index in [2.05, 4.69) is 0 Å². The molecule has 3 nitrogen and oxygen atoms in total. The maximum atomic E-state index is 6.08. The Morgan fingerprint density at radius 1 is 1.10 bits per heavy atom. The Morgan fingerprint density at radius 2 is 1.90 bits per heavy atom. The smallest absolute Gasteiger partial charge is 0.147 e. The summed E-state index contributed by atoms with van der Waals surface area (Å²) in [4.78, 5) is 0. The first-order valence-electron chi connectivity index (χ1n) is 6.46. The molecule has 0 saturated carbocycles. The molecule has 1 heterocycles. The molecule has 0 amide bonds. The van der Waals surface area contributed by atoms with Crippen LogP contribution in [0.15, 0.2) is 46.9 Å². The largest absolute Gasteiger partial charge is 0.484 e. The number of halogens is 2. The van der Waals surface area contributed by atoms with E-state index in [0.29, 0.717) is 28.1 Å². The topological polar surface area (TPSA) is 48.4 Å². The lowest BCUT2D eigenvalue weighted by molar-refractivity contribution is 0.273. The van der Waals surface area contributed by atoms with E-state index in [0.717, 1.165) is 16.5 Å². The third-order valence-corrected chi connectivity index (χ3v) is 3.79. The highest BCUT2D eigenvalue weighted by atomic mass is 35.5. The van der Waals surface area contributed by atoms with Crippen molar-refractivity contribution in [1.82, 2.24) is 0 Å². The molecule has 5 heteroatoms. The minimum Gasteiger partial charge on any atom is -0.484 e. The van der Waals surface area contributed by atoms with Crippen molar-refractivity contribution in [3.8, 4) is 5.75 Å². The molecule has 1 aromatic heterocycles. The third kappa shape index (κ3) is 2.86. The summed E-state index contributed by atoms with van der Waals surface area (Å²) in [5.41, 5.74) is 7.57. The Hall–Kier alpha value is -1.68. The van der Waals surface area contributed by atoms with Gasteiger partial charge in [0.1, 0.15) is 23.7 Å². The van der Waals surface area contributed by atoms with E-state index in [-0.39, 0.29) is 6.61 Å². The molecule has 0 unspecified atom stereocenters. The molecular weight excluding hydrogens is 309 g/mol. The number of para-hydroxylation sites is 1. The number of hydrogen-bond donors (Lipinski definition) is 1. The average Bonchev–Trinajstić information content (AvgIpc) is 2.85. The van der Waals surface area contributed by atoms with Gasteiger partial charge in [0.25, 0.3) is 0 Å². The monoisotopic (exact) mass is 321 g/mol. The van der Waals surface area contributed by atoms with Crippen LogP contribution in [0.2, 0.25) is 10.0 Å². The lowest BCUT2D eigenvalue weighted by Crippen LogP contribution is -2.02. The highest BCUT2D eigenvalue weighted by molar-refractivity contribution is 6.34. The van der Waals surface area contributed by atoms with E-state index in [4.69, 9.17) is 38.1 Å². The first-order valence-corrected chi connectivity index (χ1v) is 7.22. The van der Waals surface area contributed by atoms with Gasteiger partial charge in [0.05, 0.1) is 5.02 Å². The highest BCUT2D eigenvalue weighted by Crippen LogP contribution is 2.30. The maximum absolute atomic E-state index is 6.08. The fourth-order valence-corrected chi connectivity index (χ4v) is 2.56. The predicted octanol–water partition coefficient (Wildman–Crippen LogP) is 4.78. The molecule has 3 aromatic rings. The summed E-state index contributed by atoms with van der Waals surface area (Å²) in [6.45, 7) is 0.639. The van der Waals surface area contributed by atoms with Crippen molar-refractivity contribution in [2.75, 3.05) is 0 Å². The molecule has 2 N–H and O–H groups in total. The second-order valence-corrected chi connectivity index (χ2v) is 5.41. The molecule has 21 heavy (non-hydrogen) atoms. The molecule has 0 radical (unpaired) electrons. The SMILES string of the molecule is NCc1c(COc2cc(Cl)ccc2Cl)oc2ccccc12. The number of fused-ring (bicyclic) bond motifs is 1. The average molecular weight is 322 g/mol. The van der Waals surface area contributed by atoms with Gasteiger partial charge in [-0.05, 0) is 18.2 Å². The number of furan rings is 1. The van der Waals surface area contributed by atoms with Gasteiger partial charge in [0.2, 0.25) is 0 Å². The van der Waals surface area contributed by atoms with Crippen molar-refractivity contribution >= 4 is 34.2 Å². The van der Waals surface area contributed by atoms with Crippen LogP contribution in [0.5, 0.6) is 5.75 Å². The van der Waals surface area contributed by atoms with Gasteiger partial charge in [-0.1, -0.05) is 41.4 Å². The zero-order chi connectivity index (χ0) is 14.8. The summed E-state index contributed by atoms with van der Waals surface area (Å²) >= 11 is 12.0. The number of nitrogens with two attached hydrogens (primary N) is 1. The fraction of sp³-hybridized carbons (Fsp3) is 0.125. The van der Waals surface area contributed by atoms with Crippen molar-refractivity contribution in [2.45, 2.75) is 13.2 Å². The summed E-state index contributed by atoms with van der Waals surface area (Å²) in [5.74, 6) is 1.22. The lowest BCUT2D eigenvalue weighted by atomic mass is 10.1. The summed E-state index contributed by atoms with van der Waals surface area (Å²) in [5, 5.41) is 2.08. The van der Waals surface area contributed by atoms with Crippen LogP contribution < -0.4 is 10.5 Å². The van der Waals surface area contributed by atoms with E-state index in [1.807, 2.05) is 24.3 Å². The molecule has 0 aliphatic carbocycles. The maximum Gasteiger partial charge on any atom is 0.147 e. The molecule has 0 fully saturated rings. The molecule has 0 aliphatic rings. The first kappa shape index (κ1) is 14.3. The summed E-state index contributed by atoms with van der Waals surface area (Å²) in [7, 11) is 0. The van der Waals surface area contributed by atoms with Crippen molar-refractivity contribution in [1.29, 1.82) is 0 Å². The van der Waals surface area contributed by atoms with Crippen molar-refractivity contribution in [3.05, 3.63) is 63.8 Å². The third-order valence-electron chi connectivity index (χ3n) is 3.24. The van der Waals surface area contributed by atoms with Crippen LogP contribution in [0.1, 0.15) is 11.3 Å². The Labute approximate surface area is 132 Å². The van der Waals surface area contributed by atoms with Gasteiger partial charge in [0.15, 0.2) is 0 Å². The first-order chi connectivity index (χ1) is 10.2. The minimum atomic E-state index is 0.251. The summed E-state index contributed by atoms with van der Waals surface area (Å²) in [6.07, 6.45) is 0. The molecule has 0 saturated heterocycles. The molecule has 0 aliphatic heterocycles. The molecule has 0 spiro atoms. The van der Waals surface area contributed by atoms with Crippen LogP contribution in [0.25, 0.3) is 11.0 Å². The van der Waals surface area contributed by atoms with Gasteiger partial charge >= 0.3 is 0 Å². The molecule has 0 atom stereocenters. The number of rotatable bonds is 4. The van der Waals surface area contributed by atoms with Gasteiger partial charge in [-0.15, -0.1) is 0 Å². The number of hydrogen-bond acceptors (Lipinski definition) is 3. The van der Waals surface area contributed by atoms with Gasteiger partial charge in [-0.3, -0.25) is 0 Å². The summed E-state index contributed by atoms with van der Waals surface area (Å²) in [6, 6.07) is 12.8. The van der Waals surface area contributed by atoms with Crippen molar-refractivity contribution in [3.63, 3.8) is 0 Å². The molecular formula is C16H13Cl2NO2. The van der Waals surface area contributed by atoms with Crippen LogP contribution in [0.4, 0.5) is 0 Å². The van der Waals surface area contributed by atoms with Crippen LogP contribution in [-0.2, 0) is 13.2 Å². The quantitative estimate of drug-likeness (QED) is 0.752. The van der Waals surface area contributed by atoms with E-state index in [9.17, 15) is 0 Å². The molecule has 0 bridgehead atoms. The minimum absolute atomic E-state index is 0.251. The van der Waals surface area contributed by atoms with Crippen LogP contribution >= 0.6 is 23.2 Å². The molecule has 2 aromatic carbocycles. The number of benzene rings is 2. The zero-order valence-electron chi connectivity index (χ0n) is 11.1. The Bertz CT molecular complexity index is 783. The Morgan fingerprint density at radius 3 is 2.71 bits per heavy atom. The van der Waals surface area contributed by atoms with Crippen LogP contribution in [-0.4, -0.2) is 0 Å². The number of ether oxygens (including phenoxy) is 1. The van der Waals surface area contributed by atoms with Gasteiger partial charge in [0, 0.05) is 28.6 Å². The lowest BCUT2D eigenvalue weighted by Gasteiger charge is -2.07. The van der Waals surface area contributed by atoms with Crippen molar-refractivity contribution in [2.24, 2.45) is 5.73 Å². The normalized spacial score (nSPS) is 11.0. The zero-order valence-corrected chi connectivity index (χ0v) is 12.6. The highest BCUT2D eigenvalue weighted by Gasteiger charge is 2.13. The van der Waals surface area contributed by atoms with Crippen LogP contribution in [0.3, 0.4) is 0 Å². The fourth-order valence-electron chi connectivity index (χ4n) is 2.22. The standard InChI is InChI=1S/C16H13Cl2NO2/c17-10-5-6-13(18)15(7-10)20-9-16-12(8-19)11-3-1-2-4-14(11)21-16/h1-7H,8-9,19H2. The van der Waals surface area contributed by atoms with E-state index in [1.165, 1.54) is 0 Å². The second kappa shape index (κ2) is 5.98. The van der Waals surface area contributed by atoms with E-state index >= 15 is 0 Å². The molecule has 3 rings (SSSR count). The van der Waals surface area contributed by atoms with Gasteiger partial charge < -0.3 is 14.9 Å². The summed E-state index contributed by atoms with van der Waals surface area (Å²) < 4.78 is 11.5. The van der Waals surface area contributed by atoms with Crippen molar-refractivity contribution < 1.29 is 9.15 Å². The van der Waals surface area contributed by atoms with Gasteiger partial charge in [-0.2, -0.15) is 0 Å². The van der Waals surface area contributed by atoms with Crippen LogP contribution in [0, 0.1) is 0 Å². The Kier molecular flexibility index (Phi) is 4.06. The Balaban J connectivity index is 1.89. The van der Waals surface area contributed by atoms with E-state index in [1.54, 1.807) is 18.2 Å².